The van der Waals surface area contributed by atoms with Crippen molar-refractivity contribution >= 4 is 33.7 Å². The third kappa shape index (κ3) is 3.76. The van der Waals surface area contributed by atoms with Gasteiger partial charge in [-0.15, -0.1) is 10.2 Å². The second kappa shape index (κ2) is 8.00. The van der Waals surface area contributed by atoms with E-state index < -0.39 is 0 Å². The molecule has 0 aliphatic rings. The number of hydrogen-bond acceptors (Lipinski definition) is 6. The Morgan fingerprint density at radius 1 is 1.00 bits per heavy atom. The topological polar surface area (TPSA) is 84.2 Å². The van der Waals surface area contributed by atoms with Gasteiger partial charge in [-0.25, -0.2) is 4.98 Å². The van der Waals surface area contributed by atoms with Crippen molar-refractivity contribution in [3.05, 3.63) is 84.1 Å². The number of anilines is 2. The number of benzene rings is 2. The molecule has 0 radical (unpaired) electrons. The maximum atomic E-state index is 11.8. The van der Waals surface area contributed by atoms with E-state index in [1.807, 2.05) is 54.9 Å². The van der Waals surface area contributed by atoms with Crippen LogP contribution in [-0.4, -0.2) is 32.5 Å². The number of pyridine rings is 1. The average molecular weight is 427 g/mol. The van der Waals surface area contributed by atoms with E-state index >= 15 is 0 Å². The number of rotatable bonds is 5. The minimum Gasteiger partial charge on any atom is -0.355 e. The smallest absolute Gasteiger partial charge is 0.251 e. The van der Waals surface area contributed by atoms with Crippen LogP contribution in [0.1, 0.15) is 10.4 Å². The van der Waals surface area contributed by atoms with Gasteiger partial charge in [-0.1, -0.05) is 35.6 Å². The summed E-state index contributed by atoms with van der Waals surface area (Å²) in [6.45, 7) is 0. The minimum absolute atomic E-state index is 0.0947. The van der Waals surface area contributed by atoms with Crippen molar-refractivity contribution in [1.82, 2.24) is 24.9 Å². The molecule has 0 bridgehead atoms. The molecule has 0 fully saturated rings. The van der Waals surface area contributed by atoms with Crippen LogP contribution in [0.25, 0.3) is 28.0 Å². The zero-order valence-corrected chi connectivity index (χ0v) is 17.4. The molecular formula is C23H18N6OS. The van der Waals surface area contributed by atoms with E-state index in [4.69, 9.17) is 0 Å². The van der Waals surface area contributed by atoms with Gasteiger partial charge in [0.1, 0.15) is 11.2 Å². The van der Waals surface area contributed by atoms with Crippen LogP contribution in [0.4, 0.5) is 10.8 Å². The Bertz CT molecular complexity index is 1360. The Labute approximate surface area is 182 Å². The summed E-state index contributed by atoms with van der Waals surface area (Å²) < 4.78 is 2.06. The number of amides is 1. The van der Waals surface area contributed by atoms with Gasteiger partial charge in [0, 0.05) is 30.1 Å². The van der Waals surface area contributed by atoms with E-state index in [0.29, 0.717) is 5.56 Å². The molecule has 0 saturated carbocycles. The summed E-state index contributed by atoms with van der Waals surface area (Å²) in [7, 11) is 1.63. The quantitative estimate of drug-likeness (QED) is 0.428. The molecule has 0 unspecified atom stereocenters. The van der Waals surface area contributed by atoms with E-state index in [-0.39, 0.29) is 5.91 Å². The number of fused-ring (bicyclic) bond motifs is 1. The Balaban J connectivity index is 1.45. The molecule has 5 aromatic rings. The van der Waals surface area contributed by atoms with Crippen molar-refractivity contribution < 1.29 is 4.79 Å². The molecular weight excluding hydrogens is 408 g/mol. The third-order valence-electron chi connectivity index (χ3n) is 4.99. The zero-order chi connectivity index (χ0) is 21.2. The maximum absolute atomic E-state index is 11.8. The van der Waals surface area contributed by atoms with Gasteiger partial charge in [0.2, 0.25) is 5.13 Å². The molecule has 7 nitrogen and oxygen atoms in total. The van der Waals surface area contributed by atoms with Gasteiger partial charge in [-0.3, -0.25) is 9.20 Å². The molecule has 5 rings (SSSR count). The second-order valence-electron chi connectivity index (χ2n) is 6.89. The number of imidazole rings is 1. The van der Waals surface area contributed by atoms with Crippen molar-refractivity contribution in [2.24, 2.45) is 0 Å². The molecule has 152 valence electrons. The van der Waals surface area contributed by atoms with Crippen molar-refractivity contribution in [2.45, 2.75) is 0 Å². The van der Waals surface area contributed by atoms with E-state index in [0.717, 1.165) is 38.9 Å². The predicted octanol–water partition coefficient (Wildman–Crippen LogP) is 4.62. The molecule has 0 spiro atoms. The highest BCUT2D eigenvalue weighted by molar-refractivity contribution is 7.13. The summed E-state index contributed by atoms with van der Waals surface area (Å²) in [5, 5.41) is 14.5. The molecule has 3 heterocycles. The first-order chi connectivity index (χ1) is 15.2. The Hall–Kier alpha value is -4.04. The van der Waals surface area contributed by atoms with Gasteiger partial charge in [-0.2, -0.15) is 0 Å². The lowest BCUT2D eigenvalue weighted by molar-refractivity contribution is 0.0963. The van der Waals surface area contributed by atoms with Crippen LogP contribution < -0.4 is 10.6 Å². The summed E-state index contributed by atoms with van der Waals surface area (Å²) in [5.41, 5.74) is 8.24. The average Bonchev–Trinajstić information content (AvgIpc) is 3.48. The number of carbonyl (C=O) groups is 1. The van der Waals surface area contributed by atoms with Gasteiger partial charge < -0.3 is 10.6 Å². The van der Waals surface area contributed by atoms with Crippen LogP contribution in [0.15, 0.2) is 78.6 Å². The molecule has 0 saturated heterocycles. The lowest BCUT2D eigenvalue weighted by atomic mass is 10.0. The minimum atomic E-state index is -0.0947. The number of hydrogen-bond donors (Lipinski definition) is 2. The van der Waals surface area contributed by atoms with Crippen molar-refractivity contribution in [2.75, 3.05) is 12.4 Å². The van der Waals surface area contributed by atoms with Crippen LogP contribution in [0.5, 0.6) is 0 Å². The fourth-order valence-corrected chi connectivity index (χ4v) is 3.90. The van der Waals surface area contributed by atoms with E-state index in [9.17, 15) is 4.79 Å². The standard InChI is InChI=1S/C23H18N6OS/c1-24-22(30)16-7-5-15(6-8-16)17-9-10-29-20(13-25-21(29)12-17)18-3-2-4-19(11-18)27-23-28-26-14-31-23/h2-14H,1H3,(H,24,30)(H,27,28). The SMILES string of the molecule is CNC(=O)c1ccc(-c2ccn3c(-c4cccc(Nc5nncs5)c4)cnc3c2)cc1. The molecule has 0 atom stereocenters. The van der Waals surface area contributed by atoms with Crippen molar-refractivity contribution in [1.29, 1.82) is 0 Å². The van der Waals surface area contributed by atoms with Crippen LogP contribution in [-0.2, 0) is 0 Å². The highest BCUT2D eigenvalue weighted by atomic mass is 32.1. The summed E-state index contributed by atoms with van der Waals surface area (Å²) in [6.07, 6.45) is 3.89. The number of carbonyl (C=O) groups excluding carboxylic acids is 1. The summed E-state index contributed by atoms with van der Waals surface area (Å²) >= 11 is 1.45. The molecule has 8 heteroatoms. The Morgan fingerprint density at radius 2 is 1.87 bits per heavy atom. The van der Waals surface area contributed by atoms with Gasteiger partial charge in [-0.05, 0) is 47.5 Å². The van der Waals surface area contributed by atoms with E-state index in [1.165, 1.54) is 11.3 Å². The van der Waals surface area contributed by atoms with Crippen LogP contribution in [0.2, 0.25) is 0 Å². The normalized spacial score (nSPS) is 10.9. The second-order valence-corrected chi connectivity index (χ2v) is 7.73. The van der Waals surface area contributed by atoms with Gasteiger partial charge in [0.15, 0.2) is 0 Å². The Morgan fingerprint density at radius 3 is 2.65 bits per heavy atom. The fourth-order valence-electron chi connectivity index (χ4n) is 3.44. The summed E-state index contributed by atoms with van der Waals surface area (Å²) in [6, 6.07) is 19.8. The highest BCUT2D eigenvalue weighted by Crippen LogP contribution is 2.28. The van der Waals surface area contributed by atoms with Gasteiger partial charge in [0.25, 0.3) is 5.91 Å². The zero-order valence-electron chi connectivity index (χ0n) is 16.6. The van der Waals surface area contributed by atoms with Crippen LogP contribution >= 0.6 is 11.3 Å². The van der Waals surface area contributed by atoms with Gasteiger partial charge in [0.05, 0.1) is 11.9 Å². The summed E-state index contributed by atoms with van der Waals surface area (Å²) in [5.74, 6) is -0.0947. The first kappa shape index (κ1) is 19.0. The number of nitrogens with zero attached hydrogens (tertiary/aromatic N) is 4. The lowest BCUT2D eigenvalue weighted by Crippen LogP contribution is -2.17. The monoisotopic (exact) mass is 426 g/mol. The molecule has 0 aliphatic heterocycles. The van der Waals surface area contributed by atoms with Crippen LogP contribution in [0.3, 0.4) is 0 Å². The maximum Gasteiger partial charge on any atom is 0.251 e. The van der Waals surface area contributed by atoms with Gasteiger partial charge >= 0.3 is 0 Å². The first-order valence-corrected chi connectivity index (χ1v) is 10.5. The molecule has 0 aliphatic carbocycles. The molecule has 31 heavy (non-hydrogen) atoms. The van der Waals surface area contributed by atoms with Crippen molar-refractivity contribution in [3.63, 3.8) is 0 Å². The first-order valence-electron chi connectivity index (χ1n) is 9.64. The molecule has 2 aromatic carbocycles. The fraction of sp³-hybridized carbons (Fsp3) is 0.0435. The molecule has 1 amide bonds. The van der Waals surface area contributed by atoms with E-state index in [2.05, 4.69) is 48.4 Å². The predicted molar refractivity (Wildman–Crippen MR) is 123 cm³/mol. The van der Waals surface area contributed by atoms with Crippen LogP contribution in [0, 0.1) is 0 Å². The number of nitrogens with one attached hydrogen (secondary N) is 2. The Kier molecular flexibility index (Phi) is 4.89. The lowest BCUT2D eigenvalue weighted by Gasteiger charge is -2.08. The number of aromatic nitrogens is 4. The highest BCUT2D eigenvalue weighted by Gasteiger charge is 2.09. The summed E-state index contributed by atoms with van der Waals surface area (Å²) in [4.78, 5) is 16.4. The van der Waals surface area contributed by atoms with E-state index in [1.54, 1.807) is 12.6 Å². The third-order valence-corrected chi connectivity index (χ3v) is 5.60. The largest absolute Gasteiger partial charge is 0.355 e. The molecule has 2 N–H and O–H groups in total. The molecule has 3 aromatic heterocycles. The van der Waals surface area contributed by atoms with Crippen molar-refractivity contribution in [3.8, 4) is 22.4 Å².